The number of hydrogen-bond acceptors (Lipinski definition) is 4. The lowest BCUT2D eigenvalue weighted by Crippen LogP contribution is -2.23. The lowest BCUT2D eigenvalue weighted by molar-refractivity contribution is 0.321. The maximum Gasteiger partial charge on any atom is 0.119 e. The van der Waals surface area contributed by atoms with E-state index in [0.717, 1.165) is 30.1 Å². The van der Waals surface area contributed by atoms with Crippen molar-refractivity contribution in [1.29, 1.82) is 0 Å². The van der Waals surface area contributed by atoms with Crippen molar-refractivity contribution in [3.63, 3.8) is 0 Å². The van der Waals surface area contributed by atoms with Gasteiger partial charge in [0.25, 0.3) is 0 Å². The van der Waals surface area contributed by atoms with Gasteiger partial charge in [0.05, 0.1) is 11.6 Å². The predicted molar refractivity (Wildman–Crippen MR) is 89.1 cm³/mol. The van der Waals surface area contributed by atoms with Crippen molar-refractivity contribution in [2.24, 2.45) is 0 Å². The van der Waals surface area contributed by atoms with Crippen molar-refractivity contribution in [2.75, 3.05) is 6.61 Å². The van der Waals surface area contributed by atoms with E-state index in [1.807, 2.05) is 18.3 Å². The van der Waals surface area contributed by atoms with Crippen molar-refractivity contribution in [3.05, 3.63) is 45.9 Å². The number of aryl methyl sites for hydroxylation is 1. The summed E-state index contributed by atoms with van der Waals surface area (Å²) in [5.74, 6) is 0.927. The zero-order valence-corrected chi connectivity index (χ0v) is 13.9. The minimum absolute atomic E-state index is 0.556. The molecule has 4 heteroatoms. The van der Waals surface area contributed by atoms with Gasteiger partial charge in [-0.05, 0) is 32.4 Å². The van der Waals surface area contributed by atoms with Crippen LogP contribution in [-0.4, -0.2) is 17.6 Å². The van der Waals surface area contributed by atoms with Gasteiger partial charge < -0.3 is 10.1 Å². The van der Waals surface area contributed by atoms with E-state index in [0.29, 0.717) is 12.6 Å². The monoisotopic (exact) mass is 304 g/mol. The second-order valence-corrected chi connectivity index (χ2v) is 6.52. The van der Waals surface area contributed by atoms with Crippen molar-refractivity contribution < 1.29 is 4.74 Å². The Morgan fingerprint density at radius 1 is 1.29 bits per heavy atom. The van der Waals surface area contributed by atoms with Crippen LogP contribution in [0.3, 0.4) is 0 Å². The molecule has 0 aliphatic rings. The van der Waals surface area contributed by atoms with E-state index in [-0.39, 0.29) is 0 Å². The smallest absolute Gasteiger partial charge is 0.119 e. The fourth-order valence-corrected chi connectivity index (χ4v) is 2.71. The van der Waals surface area contributed by atoms with Gasteiger partial charge >= 0.3 is 0 Å². The summed E-state index contributed by atoms with van der Waals surface area (Å²) < 4.78 is 5.74. The van der Waals surface area contributed by atoms with E-state index in [1.165, 1.54) is 10.4 Å². The van der Waals surface area contributed by atoms with Gasteiger partial charge in [0.15, 0.2) is 0 Å². The maximum atomic E-state index is 5.74. The van der Waals surface area contributed by atoms with Crippen LogP contribution in [0.5, 0.6) is 5.75 Å². The molecule has 0 amide bonds. The van der Waals surface area contributed by atoms with Gasteiger partial charge in [0, 0.05) is 30.1 Å². The van der Waals surface area contributed by atoms with Crippen molar-refractivity contribution in [2.45, 2.75) is 46.2 Å². The lowest BCUT2D eigenvalue weighted by Gasteiger charge is -2.08. The molecule has 1 unspecified atom stereocenters. The SMILES string of the molecule is CCC(C)NCc1cnc(CCOc2ccc(C)cc2)s1. The van der Waals surface area contributed by atoms with E-state index in [2.05, 4.69) is 43.2 Å². The third kappa shape index (κ3) is 5.48. The molecule has 1 heterocycles. The molecule has 0 spiro atoms. The highest BCUT2D eigenvalue weighted by atomic mass is 32.1. The fraction of sp³-hybridized carbons (Fsp3) is 0.471. The highest BCUT2D eigenvalue weighted by Gasteiger charge is 2.04. The topological polar surface area (TPSA) is 34.2 Å². The number of rotatable bonds is 8. The van der Waals surface area contributed by atoms with Crippen LogP contribution in [0.4, 0.5) is 0 Å². The molecule has 2 aromatic rings. The molecule has 0 radical (unpaired) electrons. The molecule has 0 saturated heterocycles. The molecule has 1 aromatic heterocycles. The average molecular weight is 304 g/mol. The molecule has 0 aliphatic heterocycles. The van der Waals surface area contributed by atoms with E-state index in [9.17, 15) is 0 Å². The van der Waals surface area contributed by atoms with Crippen LogP contribution < -0.4 is 10.1 Å². The molecule has 0 bridgehead atoms. The molecule has 0 fully saturated rings. The predicted octanol–water partition coefficient (Wildman–Crippen LogP) is 3.96. The Labute approximate surface area is 131 Å². The Morgan fingerprint density at radius 2 is 2.05 bits per heavy atom. The van der Waals surface area contributed by atoms with Crippen LogP contribution in [-0.2, 0) is 13.0 Å². The molecule has 1 atom stereocenters. The summed E-state index contributed by atoms with van der Waals surface area (Å²) in [6, 6.07) is 8.71. The molecule has 1 N–H and O–H groups in total. The lowest BCUT2D eigenvalue weighted by atomic mass is 10.2. The van der Waals surface area contributed by atoms with Crippen LogP contribution in [0.1, 0.15) is 35.7 Å². The quantitative estimate of drug-likeness (QED) is 0.801. The summed E-state index contributed by atoms with van der Waals surface area (Å²) in [7, 11) is 0. The summed E-state index contributed by atoms with van der Waals surface area (Å²) in [5.41, 5.74) is 1.25. The van der Waals surface area contributed by atoms with Gasteiger partial charge in [0.2, 0.25) is 0 Å². The molecule has 21 heavy (non-hydrogen) atoms. The second kappa shape index (κ2) is 8.15. The van der Waals surface area contributed by atoms with Gasteiger partial charge in [-0.3, -0.25) is 0 Å². The largest absolute Gasteiger partial charge is 0.493 e. The van der Waals surface area contributed by atoms with Crippen LogP contribution in [0, 0.1) is 6.92 Å². The number of ether oxygens (including phenoxy) is 1. The summed E-state index contributed by atoms with van der Waals surface area (Å²) in [5, 5.41) is 4.63. The zero-order chi connectivity index (χ0) is 15.1. The van der Waals surface area contributed by atoms with Crippen LogP contribution in [0.15, 0.2) is 30.5 Å². The van der Waals surface area contributed by atoms with Gasteiger partial charge in [-0.25, -0.2) is 4.98 Å². The molecular weight excluding hydrogens is 280 g/mol. The summed E-state index contributed by atoms with van der Waals surface area (Å²) in [6.45, 7) is 8.06. The first-order chi connectivity index (χ1) is 10.2. The van der Waals surface area contributed by atoms with Gasteiger partial charge in [0.1, 0.15) is 5.75 Å². The molecule has 2 rings (SSSR count). The van der Waals surface area contributed by atoms with Crippen molar-refractivity contribution in [1.82, 2.24) is 10.3 Å². The van der Waals surface area contributed by atoms with Crippen LogP contribution in [0.25, 0.3) is 0 Å². The van der Waals surface area contributed by atoms with Crippen LogP contribution in [0.2, 0.25) is 0 Å². The third-order valence-electron chi connectivity index (χ3n) is 3.44. The summed E-state index contributed by atoms with van der Waals surface area (Å²) in [4.78, 5) is 5.76. The molecule has 1 aromatic carbocycles. The molecule has 3 nitrogen and oxygen atoms in total. The molecule has 114 valence electrons. The number of thiazole rings is 1. The second-order valence-electron chi connectivity index (χ2n) is 5.32. The zero-order valence-electron chi connectivity index (χ0n) is 13.1. The Bertz CT molecular complexity index is 536. The molecular formula is C17H24N2OS. The number of benzene rings is 1. The Hall–Kier alpha value is -1.39. The number of nitrogens with one attached hydrogen (secondary N) is 1. The van der Waals surface area contributed by atoms with E-state index >= 15 is 0 Å². The first-order valence-electron chi connectivity index (χ1n) is 7.53. The highest BCUT2D eigenvalue weighted by molar-refractivity contribution is 7.11. The maximum absolute atomic E-state index is 5.74. The molecule has 0 aliphatic carbocycles. The van der Waals surface area contributed by atoms with Gasteiger partial charge in [-0.15, -0.1) is 11.3 Å². The highest BCUT2D eigenvalue weighted by Crippen LogP contribution is 2.15. The fourth-order valence-electron chi connectivity index (χ4n) is 1.86. The number of hydrogen-bond donors (Lipinski definition) is 1. The van der Waals surface area contributed by atoms with Gasteiger partial charge in [-0.2, -0.15) is 0 Å². The first-order valence-corrected chi connectivity index (χ1v) is 8.35. The number of aromatic nitrogens is 1. The summed E-state index contributed by atoms with van der Waals surface area (Å²) in [6.07, 6.45) is 3.99. The van der Waals surface area contributed by atoms with E-state index < -0.39 is 0 Å². The normalized spacial score (nSPS) is 12.3. The van der Waals surface area contributed by atoms with E-state index in [1.54, 1.807) is 11.3 Å². The van der Waals surface area contributed by atoms with Crippen LogP contribution >= 0.6 is 11.3 Å². The summed E-state index contributed by atoms with van der Waals surface area (Å²) >= 11 is 1.77. The average Bonchev–Trinajstić information content (AvgIpc) is 2.95. The van der Waals surface area contributed by atoms with Gasteiger partial charge in [-0.1, -0.05) is 24.6 Å². The minimum atomic E-state index is 0.556. The standard InChI is InChI=1S/C17H24N2OS/c1-4-14(3)18-11-16-12-19-17(21-16)9-10-20-15-7-5-13(2)6-8-15/h5-8,12,14,18H,4,9-11H2,1-3H3. The Kier molecular flexibility index (Phi) is 6.21. The molecule has 0 saturated carbocycles. The minimum Gasteiger partial charge on any atom is -0.493 e. The first kappa shape index (κ1) is 16.0. The third-order valence-corrected chi connectivity index (χ3v) is 4.50. The van der Waals surface area contributed by atoms with Crippen molar-refractivity contribution in [3.8, 4) is 5.75 Å². The Morgan fingerprint density at radius 3 is 2.76 bits per heavy atom. The Balaban J connectivity index is 1.73. The number of nitrogens with zero attached hydrogens (tertiary/aromatic N) is 1. The van der Waals surface area contributed by atoms with Crippen molar-refractivity contribution >= 4 is 11.3 Å². The van der Waals surface area contributed by atoms with E-state index in [4.69, 9.17) is 4.74 Å².